The highest BCUT2D eigenvalue weighted by Gasteiger charge is 2.32. The number of imide groups is 1. The number of carbonyl (C=O) groups is 4. The lowest BCUT2D eigenvalue weighted by atomic mass is 9.92. The summed E-state index contributed by atoms with van der Waals surface area (Å²) in [4.78, 5) is 69.0. The van der Waals surface area contributed by atoms with E-state index < -0.39 is 11.9 Å². The molecule has 3 aliphatic rings. The van der Waals surface area contributed by atoms with E-state index in [9.17, 15) is 24.0 Å². The number of amides is 4. The van der Waals surface area contributed by atoms with Gasteiger partial charge in [0, 0.05) is 59.6 Å². The van der Waals surface area contributed by atoms with Gasteiger partial charge in [0.05, 0.1) is 34.0 Å². The molecule has 3 aromatic carbocycles. The Labute approximate surface area is 376 Å². The van der Waals surface area contributed by atoms with E-state index in [0.29, 0.717) is 24.3 Å². The summed E-state index contributed by atoms with van der Waals surface area (Å²) in [5, 5.41) is 14.3. The number of para-hydroxylation sites is 1. The molecule has 0 bridgehead atoms. The Morgan fingerprint density at radius 1 is 0.891 bits per heavy atom. The van der Waals surface area contributed by atoms with Crippen molar-refractivity contribution in [3.63, 3.8) is 0 Å². The summed E-state index contributed by atoms with van der Waals surface area (Å²) in [6.45, 7) is 2.67. The summed E-state index contributed by atoms with van der Waals surface area (Å²) < 4.78 is 10.7. The minimum Gasteiger partial charge on any atom is -0.490 e. The second-order valence-corrected chi connectivity index (χ2v) is 18.9. The zero-order chi connectivity index (χ0) is 44.3. The number of rotatable bonds is 15. The van der Waals surface area contributed by atoms with E-state index in [-0.39, 0.29) is 48.0 Å². The third-order valence-electron chi connectivity index (χ3n) is 13.2. The van der Waals surface area contributed by atoms with Gasteiger partial charge in [-0.2, -0.15) is 0 Å². The van der Waals surface area contributed by atoms with Crippen molar-refractivity contribution in [3.8, 4) is 17.0 Å². The summed E-state index contributed by atoms with van der Waals surface area (Å²) in [5.41, 5.74) is 6.08. The van der Waals surface area contributed by atoms with Crippen molar-refractivity contribution >= 4 is 72.7 Å². The number of thiophene rings is 1. The van der Waals surface area contributed by atoms with Crippen molar-refractivity contribution in [3.05, 3.63) is 87.7 Å². The lowest BCUT2D eigenvalue weighted by Crippen LogP contribution is -2.44. The van der Waals surface area contributed by atoms with Crippen LogP contribution >= 0.6 is 11.3 Å². The van der Waals surface area contributed by atoms with Gasteiger partial charge in [-0.25, -0.2) is 9.78 Å². The van der Waals surface area contributed by atoms with Crippen LogP contribution in [-0.2, 0) is 27.9 Å². The highest BCUT2D eigenvalue weighted by atomic mass is 32.1. The first kappa shape index (κ1) is 43.2. The first-order valence-electron chi connectivity index (χ1n) is 23.1. The number of aromatic nitrogens is 3. The number of aryl methyl sites for hydroxylation is 2. The van der Waals surface area contributed by atoms with Crippen molar-refractivity contribution in [2.24, 2.45) is 7.05 Å². The molecule has 2 atom stereocenters. The van der Waals surface area contributed by atoms with Crippen LogP contribution in [0.5, 0.6) is 5.75 Å². The van der Waals surface area contributed by atoms with E-state index in [4.69, 9.17) is 9.72 Å². The molecule has 14 heteroatoms. The predicted octanol–water partition coefficient (Wildman–Crippen LogP) is 8.46. The van der Waals surface area contributed by atoms with Gasteiger partial charge in [0.2, 0.25) is 17.7 Å². The largest absolute Gasteiger partial charge is 0.490 e. The molecule has 1 saturated carbocycles. The zero-order valence-corrected chi connectivity index (χ0v) is 37.5. The smallest absolute Gasteiger partial charge is 0.329 e. The van der Waals surface area contributed by atoms with E-state index in [2.05, 4.69) is 51.6 Å². The van der Waals surface area contributed by atoms with Crippen LogP contribution in [0.15, 0.2) is 71.5 Å². The second-order valence-electron chi connectivity index (χ2n) is 17.9. The standard InChI is InChI=1S/C50H57N7O6S/c1-30-29-51-45-44-36-22-23-37(54-38(36)24-26-41(44)64-47(45)49(61)52-30)32-14-10-15-35(28-32)63-34-20-18-33(19-21-34)53-42(58)17-9-7-5-3-4-6-8-12-31-13-11-16-39-46(31)56(2)50(62)57(39)40-25-27-43(59)55-48(40)60/h10-11,13-16,22-24,26,28,30,33-34,40,51H,3-9,12,17-21,25,27,29H2,1-2H3,(H,52,61)(H,53,58)(H,55,59,60)/t30-,33?,34?,40?/m1/s1. The SMILES string of the molecule is C[C@@H]1CNc2c(sc3ccc4nc(-c5cccc(OC6CCC(NC(=O)CCCCCCCCCc7cccc8c7n(C)c(=O)n8C7CCC(=O)NC7=O)CC6)c5)ccc4c23)C(=O)N1. The number of anilines is 1. The third-order valence-corrected chi connectivity index (χ3v) is 14.4. The number of imidazole rings is 1. The third kappa shape index (κ3) is 9.15. The van der Waals surface area contributed by atoms with Gasteiger partial charge >= 0.3 is 5.69 Å². The molecular weight excluding hydrogens is 827 g/mol. The molecule has 3 aromatic heterocycles. The molecule has 4 amide bonds. The summed E-state index contributed by atoms with van der Waals surface area (Å²) >= 11 is 1.51. The Bertz CT molecular complexity index is 2800. The summed E-state index contributed by atoms with van der Waals surface area (Å²) in [6, 6.07) is 21.8. The van der Waals surface area contributed by atoms with Crippen LogP contribution in [0.25, 0.3) is 43.3 Å². The number of piperidine rings is 1. The lowest BCUT2D eigenvalue weighted by molar-refractivity contribution is -0.135. The fourth-order valence-electron chi connectivity index (χ4n) is 9.87. The Kier molecular flexibility index (Phi) is 12.8. The number of unbranched alkanes of at least 4 members (excludes halogenated alkanes) is 6. The molecule has 1 unspecified atom stereocenters. The molecule has 4 N–H and O–H groups in total. The Hall–Kier alpha value is -6.02. The van der Waals surface area contributed by atoms with Crippen molar-refractivity contribution in [2.45, 2.75) is 127 Å². The molecule has 6 aromatic rings. The van der Waals surface area contributed by atoms with Gasteiger partial charge in [-0.15, -0.1) is 11.3 Å². The maximum atomic E-state index is 13.2. The highest BCUT2D eigenvalue weighted by Crippen LogP contribution is 2.41. The van der Waals surface area contributed by atoms with Crippen LogP contribution in [0.3, 0.4) is 0 Å². The summed E-state index contributed by atoms with van der Waals surface area (Å²) in [6.07, 6.45) is 13.0. The molecule has 0 spiro atoms. The second kappa shape index (κ2) is 19.0. The monoisotopic (exact) mass is 883 g/mol. The first-order valence-corrected chi connectivity index (χ1v) is 23.9. The van der Waals surface area contributed by atoms with Crippen molar-refractivity contribution < 1.29 is 23.9 Å². The number of hydrogen-bond donors (Lipinski definition) is 4. The topological polar surface area (TPSA) is 165 Å². The van der Waals surface area contributed by atoms with E-state index >= 15 is 0 Å². The van der Waals surface area contributed by atoms with E-state index in [1.165, 1.54) is 11.3 Å². The zero-order valence-electron chi connectivity index (χ0n) is 36.7. The molecule has 64 heavy (non-hydrogen) atoms. The normalized spacial score (nSPS) is 20.1. The fraction of sp³-hybridized carbons (Fsp3) is 0.440. The van der Waals surface area contributed by atoms with Gasteiger partial charge < -0.3 is 20.7 Å². The average Bonchev–Trinajstić information content (AvgIpc) is 3.75. The number of pyridine rings is 1. The van der Waals surface area contributed by atoms with Crippen LogP contribution < -0.4 is 31.7 Å². The maximum Gasteiger partial charge on any atom is 0.329 e. The predicted molar refractivity (Wildman–Crippen MR) is 252 cm³/mol. The van der Waals surface area contributed by atoms with Gasteiger partial charge in [0.25, 0.3) is 5.91 Å². The average molecular weight is 884 g/mol. The van der Waals surface area contributed by atoms with Gasteiger partial charge in [-0.1, -0.05) is 56.4 Å². The number of nitrogens with zero attached hydrogens (tertiary/aromatic N) is 3. The number of carbonyl (C=O) groups excluding carboxylic acids is 4. The molecule has 13 nitrogen and oxygen atoms in total. The minimum absolute atomic E-state index is 0.0338. The van der Waals surface area contributed by atoms with Gasteiger partial charge in [0.15, 0.2) is 0 Å². The summed E-state index contributed by atoms with van der Waals surface area (Å²) in [7, 11) is 1.75. The van der Waals surface area contributed by atoms with Gasteiger partial charge in [-0.3, -0.25) is 33.6 Å². The van der Waals surface area contributed by atoms with Crippen LogP contribution in [-0.4, -0.2) is 62.5 Å². The van der Waals surface area contributed by atoms with Crippen LogP contribution in [0.1, 0.15) is 118 Å². The number of fused-ring (bicyclic) bond motifs is 6. The van der Waals surface area contributed by atoms with Crippen molar-refractivity contribution in [1.82, 2.24) is 30.1 Å². The van der Waals surface area contributed by atoms with Crippen LogP contribution in [0.4, 0.5) is 5.69 Å². The summed E-state index contributed by atoms with van der Waals surface area (Å²) in [5.74, 6) is 0.213. The molecule has 5 heterocycles. The van der Waals surface area contributed by atoms with E-state index in [0.717, 1.165) is 137 Å². The van der Waals surface area contributed by atoms with Crippen molar-refractivity contribution in [1.29, 1.82) is 0 Å². The number of hydrogen-bond acceptors (Lipinski definition) is 9. The highest BCUT2D eigenvalue weighted by molar-refractivity contribution is 7.21. The molecule has 9 rings (SSSR count). The van der Waals surface area contributed by atoms with E-state index in [1.54, 1.807) is 16.2 Å². The van der Waals surface area contributed by atoms with Gasteiger partial charge in [-0.05, 0) is 106 Å². The number of ether oxygens (including phenoxy) is 1. The molecule has 2 fully saturated rings. The van der Waals surface area contributed by atoms with Crippen LogP contribution in [0, 0.1) is 0 Å². The first-order chi connectivity index (χ1) is 31.1. The minimum atomic E-state index is -0.679. The Morgan fingerprint density at radius 3 is 2.48 bits per heavy atom. The molecule has 1 saturated heterocycles. The fourth-order valence-corrected chi connectivity index (χ4v) is 11.0. The molecular formula is C50H57N7O6S. The Morgan fingerprint density at radius 2 is 1.67 bits per heavy atom. The Balaban J connectivity index is 0.677. The van der Waals surface area contributed by atoms with E-state index in [1.807, 2.05) is 43.3 Å². The molecule has 2 aliphatic heterocycles. The van der Waals surface area contributed by atoms with Crippen molar-refractivity contribution in [2.75, 3.05) is 11.9 Å². The molecule has 1 aliphatic carbocycles. The van der Waals surface area contributed by atoms with Crippen LogP contribution in [0.2, 0.25) is 0 Å². The number of nitrogens with one attached hydrogen (secondary N) is 4. The molecule has 0 radical (unpaired) electrons. The molecule has 334 valence electrons. The number of benzene rings is 3. The lowest BCUT2D eigenvalue weighted by Gasteiger charge is -2.29. The quantitative estimate of drug-likeness (QED) is 0.0589. The maximum absolute atomic E-state index is 13.2. The van der Waals surface area contributed by atoms with Gasteiger partial charge in [0.1, 0.15) is 16.7 Å².